The summed E-state index contributed by atoms with van der Waals surface area (Å²) in [6.45, 7) is 4.28. The molecule has 1 N–H and O–H groups in total. The normalized spacial score (nSPS) is 16.1. The number of rotatable bonds is 5. The van der Waals surface area contributed by atoms with Crippen LogP contribution in [0.1, 0.15) is 46.6 Å². The van der Waals surface area contributed by atoms with E-state index in [0.717, 1.165) is 16.8 Å². The first-order valence-electron chi connectivity index (χ1n) is 10.1. The Bertz CT molecular complexity index is 1110. The fourth-order valence-corrected chi connectivity index (χ4v) is 5.05. The predicted molar refractivity (Wildman–Crippen MR) is 129 cm³/mol. The summed E-state index contributed by atoms with van der Waals surface area (Å²) in [5, 5.41) is 3.32. The fourth-order valence-electron chi connectivity index (χ4n) is 3.69. The zero-order valence-corrected chi connectivity index (χ0v) is 18.9. The minimum absolute atomic E-state index is 0.0925. The third-order valence-electron chi connectivity index (χ3n) is 5.23. The van der Waals surface area contributed by atoms with Gasteiger partial charge in [-0.3, -0.25) is 14.5 Å². The lowest BCUT2D eigenvalue weighted by molar-refractivity contribution is -0.115. The van der Waals surface area contributed by atoms with Gasteiger partial charge in [-0.05, 0) is 53.4 Å². The van der Waals surface area contributed by atoms with Gasteiger partial charge in [0.05, 0.1) is 5.75 Å². The van der Waals surface area contributed by atoms with E-state index in [0.29, 0.717) is 27.9 Å². The van der Waals surface area contributed by atoms with Crippen molar-refractivity contribution in [2.75, 3.05) is 16.0 Å². The lowest BCUT2D eigenvalue weighted by Gasteiger charge is -2.27. The number of thioether (sulfide) groups is 1. The fraction of sp³-hybridized carbons (Fsp3) is 0.200. The lowest BCUT2D eigenvalue weighted by atomic mass is 10.00. The highest BCUT2D eigenvalue weighted by Gasteiger charge is 2.35. The number of hydrogen-bond acceptors (Lipinski definition) is 3. The van der Waals surface area contributed by atoms with Gasteiger partial charge in [0.1, 0.15) is 5.37 Å². The Hall–Kier alpha value is -2.76. The third kappa shape index (κ3) is 4.63. The van der Waals surface area contributed by atoms with Crippen LogP contribution in [0.25, 0.3) is 0 Å². The maximum absolute atomic E-state index is 12.8. The summed E-state index contributed by atoms with van der Waals surface area (Å²) < 4.78 is 0. The van der Waals surface area contributed by atoms with Crippen LogP contribution in [0.15, 0.2) is 72.8 Å². The third-order valence-corrected chi connectivity index (χ3v) is 6.67. The second-order valence-corrected chi connectivity index (χ2v) is 9.23. The Morgan fingerprint density at radius 3 is 2.52 bits per heavy atom. The Morgan fingerprint density at radius 1 is 1.06 bits per heavy atom. The Morgan fingerprint density at radius 2 is 1.81 bits per heavy atom. The van der Waals surface area contributed by atoms with Gasteiger partial charge in [0.15, 0.2) is 0 Å². The molecule has 1 unspecified atom stereocenters. The summed E-state index contributed by atoms with van der Waals surface area (Å²) in [5.74, 6) is 0.665. The van der Waals surface area contributed by atoms with Crippen LogP contribution in [0.3, 0.4) is 0 Å². The molecule has 6 heteroatoms. The zero-order valence-electron chi connectivity index (χ0n) is 17.3. The standard InChI is InChI=1S/C25H23ClN2O2S/c1-16(2)21-8-3-4-9-22(21)28-23(29)15-31-25(28)17-10-12-20(13-11-17)27-24(30)18-6-5-7-19(26)14-18/h3-14,16,25H,15H2,1-2H3,(H,27,30). The smallest absolute Gasteiger partial charge is 0.255 e. The van der Waals surface area contributed by atoms with Gasteiger partial charge in [-0.1, -0.05) is 61.8 Å². The Balaban J connectivity index is 1.56. The van der Waals surface area contributed by atoms with E-state index in [4.69, 9.17) is 11.6 Å². The predicted octanol–water partition coefficient (Wildman–Crippen LogP) is 6.49. The number of amides is 2. The highest BCUT2D eigenvalue weighted by atomic mass is 35.5. The summed E-state index contributed by atoms with van der Waals surface area (Å²) in [5.41, 5.74) is 4.35. The molecule has 1 saturated heterocycles. The van der Waals surface area contributed by atoms with Gasteiger partial charge >= 0.3 is 0 Å². The van der Waals surface area contributed by atoms with E-state index < -0.39 is 0 Å². The number of halogens is 1. The van der Waals surface area contributed by atoms with E-state index in [9.17, 15) is 9.59 Å². The minimum atomic E-state index is -0.215. The van der Waals surface area contributed by atoms with Crippen LogP contribution >= 0.6 is 23.4 Å². The SMILES string of the molecule is CC(C)c1ccccc1N1C(=O)CSC1c1ccc(NC(=O)c2cccc(Cl)c2)cc1. The molecule has 3 aromatic rings. The number of carbonyl (C=O) groups excluding carboxylic acids is 2. The molecule has 0 saturated carbocycles. The van der Waals surface area contributed by atoms with Crippen LogP contribution in [0.2, 0.25) is 5.02 Å². The van der Waals surface area contributed by atoms with E-state index >= 15 is 0 Å². The zero-order chi connectivity index (χ0) is 22.0. The van der Waals surface area contributed by atoms with Crippen LogP contribution in [0.5, 0.6) is 0 Å². The van der Waals surface area contributed by atoms with Crippen LogP contribution in [0, 0.1) is 0 Å². The number of hydrogen-bond donors (Lipinski definition) is 1. The van der Waals surface area contributed by atoms with Crippen molar-refractivity contribution in [2.45, 2.75) is 25.1 Å². The van der Waals surface area contributed by atoms with Gasteiger partial charge in [-0.15, -0.1) is 11.8 Å². The van der Waals surface area contributed by atoms with Crippen molar-refractivity contribution in [3.05, 3.63) is 94.5 Å². The molecular formula is C25H23ClN2O2S. The van der Waals surface area contributed by atoms with Crippen molar-refractivity contribution < 1.29 is 9.59 Å². The molecule has 1 aliphatic heterocycles. The molecule has 0 spiro atoms. The Labute approximate surface area is 191 Å². The summed E-state index contributed by atoms with van der Waals surface area (Å²) in [7, 11) is 0. The molecule has 4 nitrogen and oxygen atoms in total. The molecule has 1 aliphatic rings. The molecule has 0 aromatic heterocycles. The number of carbonyl (C=O) groups is 2. The van der Waals surface area contributed by atoms with Gasteiger partial charge in [0.2, 0.25) is 5.91 Å². The second-order valence-electron chi connectivity index (χ2n) is 7.73. The molecule has 158 valence electrons. The van der Waals surface area contributed by atoms with E-state index in [1.165, 1.54) is 0 Å². The highest BCUT2D eigenvalue weighted by Crippen LogP contribution is 2.44. The number of benzene rings is 3. The largest absolute Gasteiger partial charge is 0.322 e. The van der Waals surface area contributed by atoms with Gasteiger partial charge in [-0.25, -0.2) is 0 Å². The molecule has 2 amide bonds. The van der Waals surface area contributed by atoms with Gasteiger partial charge in [-0.2, -0.15) is 0 Å². The summed E-state index contributed by atoms with van der Waals surface area (Å²) in [4.78, 5) is 27.1. The molecule has 0 radical (unpaired) electrons. The van der Waals surface area contributed by atoms with E-state index in [1.807, 2.05) is 47.4 Å². The molecule has 4 rings (SSSR count). The first-order chi connectivity index (χ1) is 14.9. The van der Waals surface area contributed by atoms with Crippen LogP contribution in [0.4, 0.5) is 11.4 Å². The number of nitrogens with zero attached hydrogens (tertiary/aromatic N) is 1. The van der Waals surface area contributed by atoms with Crippen molar-refractivity contribution >= 4 is 46.6 Å². The monoisotopic (exact) mass is 450 g/mol. The lowest BCUT2D eigenvalue weighted by Crippen LogP contribution is -2.29. The maximum Gasteiger partial charge on any atom is 0.255 e. The first-order valence-corrected chi connectivity index (χ1v) is 11.6. The minimum Gasteiger partial charge on any atom is -0.322 e. The van der Waals surface area contributed by atoms with E-state index in [2.05, 4.69) is 25.2 Å². The van der Waals surface area contributed by atoms with Crippen LogP contribution in [-0.2, 0) is 4.79 Å². The topological polar surface area (TPSA) is 49.4 Å². The van der Waals surface area contributed by atoms with Crippen molar-refractivity contribution in [1.82, 2.24) is 0 Å². The van der Waals surface area contributed by atoms with Gasteiger partial charge in [0, 0.05) is 22.0 Å². The van der Waals surface area contributed by atoms with Crippen molar-refractivity contribution in [2.24, 2.45) is 0 Å². The van der Waals surface area contributed by atoms with Crippen LogP contribution < -0.4 is 10.2 Å². The van der Waals surface area contributed by atoms with E-state index in [-0.39, 0.29) is 17.2 Å². The van der Waals surface area contributed by atoms with Crippen molar-refractivity contribution in [3.8, 4) is 0 Å². The van der Waals surface area contributed by atoms with Crippen molar-refractivity contribution in [1.29, 1.82) is 0 Å². The molecule has 0 aliphatic carbocycles. The summed E-state index contributed by atoms with van der Waals surface area (Å²) in [6.07, 6.45) is 0. The van der Waals surface area contributed by atoms with Crippen LogP contribution in [-0.4, -0.2) is 17.6 Å². The van der Waals surface area contributed by atoms with E-state index in [1.54, 1.807) is 36.0 Å². The second kappa shape index (κ2) is 9.16. The quantitative estimate of drug-likeness (QED) is 0.483. The molecule has 3 aromatic carbocycles. The first kappa shape index (κ1) is 21.5. The molecule has 31 heavy (non-hydrogen) atoms. The molecular weight excluding hydrogens is 428 g/mol. The average Bonchev–Trinajstić information content (AvgIpc) is 3.15. The number of anilines is 2. The number of nitrogens with one attached hydrogen (secondary N) is 1. The molecule has 1 fully saturated rings. The number of para-hydroxylation sites is 1. The molecule has 0 bridgehead atoms. The van der Waals surface area contributed by atoms with Crippen molar-refractivity contribution in [3.63, 3.8) is 0 Å². The molecule has 1 atom stereocenters. The molecule has 1 heterocycles. The highest BCUT2D eigenvalue weighted by molar-refractivity contribution is 8.00. The van der Waals surface area contributed by atoms with Gasteiger partial charge in [0.25, 0.3) is 5.91 Å². The van der Waals surface area contributed by atoms with Gasteiger partial charge < -0.3 is 5.32 Å². The average molecular weight is 451 g/mol. The Kier molecular flexibility index (Phi) is 6.35. The summed E-state index contributed by atoms with van der Waals surface area (Å²) in [6, 6.07) is 22.6. The summed E-state index contributed by atoms with van der Waals surface area (Å²) >= 11 is 7.60. The maximum atomic E-state index is 12.8.